The molecule has 3 N–H and O–H groups in total. The van der Waals surface area contributed by atoms with E-state index in [2.05, 4.69) is 93.7 Å². The van der Waals surface area contributed by atoms with Crippen LogP contribution in [0.5, 0.6) is 0 Å². The van der Waals surface area contributed by atoms with E-state index in [1.54, 1.807) is 0 Å². The topological polar surface area (TPSA) is 175 Å². The van der Waals surface area contributed by atoms with Crippen LogP contribution in [0, 0.1) is 0 Å². The zero-order valence-electron chi connectivity index (χ0n) is 50.1. The molecule has 79 heavy (non-hydrogen) atoms. The maximum absolute atomic E-state index is 13.2. The number of hydrogen-bond acceptors (Lipinski definition) is 11. The van der Waals surface area contributed by atoms with Crippen molar-refractivity contribution in [2.75, 3.05) is 13.2 Å². The molecule has 12 heteroatoms. The van der Waals surface area contributed by atoms with Crippen LogP contribution >= 0.6 is 0 Å². The Balaban J connectivity index is 2.68. The van der Waals surface area contributed by atoms with Gasteiger partial charge in [0.2, 0.25) is 0 Å². The van der Waals surface area contributed by atoms with Crippen molar-refractivity contribution in [2.24, 2.45) is 0 Å². The van der Waals surface area contributed by atoms with Crippen LogP contribution in [-0.4, -0.2) is 89.2 Å². The second-order valence-corrected chi connectivity index (χ2v) is 21.7. The minimum Gasteiger partial charge on any atom is -0.479 e. The predicted molar refractivity (Wildman–Crippen MR) is 322 cm³/mol. The zero-order chi connectivity index (χ0) is 57.5. The highest BCUT2D eigenvalue weighted by Gasteiger charge is 2.50. The third-order valence-electron chi connectivity index (χ3n) is 14.2. The molecule has 0 amide bonds. The van der Waals surface area contributed by atoms with E-state index in [9.17, 15) is 34.5 Å². The lowest BCUT2D eigenvalue weighted by Gasteiger charge is -2.40. The van der Waals surface area contributed by atoms with Crippen LogP contribution < -0.4 is 0 Å². The summed E-state index contributed by atoms with van der Waals surface area (Å²) in [4.78, 5) is 51.3. The number of aliphatic carboxylic acids is 1. The van der Waals surface area contributed by atoms with Gasteiger partial charge < -0.3 is 39.0 Å². The molecule has 1 aliphatic heterocycles. The summed E-state index contributed by atoms with van der Waals surface area (Å²) in [5.74, 6) is -3.15. The van der Waals surface area contributed by atoms with Crippen molar-refractivity contribution in [3.8, 4) is 0 Å². The fraction of sp³-hybridized carbons (Fsp3) is 0.761. The normalized spacial score (nSPS) is 18.3. The quantitative estimate of drug-likeness (QED) is 0.0228. The molecule has 12 nitrogen and oxygen atoms in total. The number of carboxylic acid groups (broad SMARTS) is 1. The van der Waals surface area contributed by atoms with Crippen LogP contribution in [-0.2, 0) is 42.9 Å². The van der Waals surface area contributed by atoms with Gasteiger partial charge in [0.25, 0.3) is 0 Å². The summed E-state index contributed by atoms with van der Waals surface area (Å²) >= 11 is 0. The molecule has 0 radical (unpaired) electrons. The van der Waals surface area contributed by atoms with E-state index in [-0.39, 0.29) is 25.9 Å². The Bertz CT molecular complexity index is 1650. The summed E-state index contributed by atoms with van der Waals surface area (Å²) in [5.41, 5.74) is 0. The van der Waals surface area contributed by atoms with Crippen LogP contribution in [0.2, 0.25) is 0 Å². The summed E-state index contributed by atoms with van der Waals surface area (Å²) < 4.78 is 28.5. The molecule has 0 aliphatic carbocycles. The van der Waals surface area contributed by atoms with Gasteiger partial charge in [0.05, 0.1) is 6.61 Å². The highest BCUT2D eigenvalue weighted by Crippen LogP contribution is 2.26. The molecule has 0 spiro atoms. The standard InChI is InChI=1S/C67H114O12/c1-4-7-10-13-16-19-22-25-28-29-30-31-34-35-38-41-44-47-50-53-59(68)75-56-58(77-60(69)54-51-48-45-42-39-36-32-26-23-20-17-14-11-8-5-2)57-76-67-65(63(72)62(71)64(79-67)66(73)74)78-61(70)55-52-49-46-43-40-37-33-27-24-21-18-15-12-9-6-3/h16-21,25-28,32-33,58,62-65,67,71-72H,4-15,22-24,29-31,34-57H2,1-3H3,(H,73,74)/b19-16-,20-17-,21-18-,28-25-,32-26-,33-27-. The lowest BCUT2D eigenvalue weighted by atomic mass is 9.98. The highest BCUT2D eigenvalue weighted by atomic mass is 16.7. The van der Waals surface area contributed by atoms with Gasteiger partial charge in [-0.25, -0.2) is 4.79 Å². The average Bonchev–Trinajstić information content (AvgIpc) is 3.46. The number of allylic oxidation sites excluding steroid dienone is 12. The van der Waals surface area contributed by atoms with Crippen molar-refractivity contribution in [3.63, 3.8) is 0 Å². The maximum atomic E-state index is 13.2. The van der Waals surface area contributed by atoms with E-state index >= 15 is 0 Å². The number of carbonyl (C=O) groups is 4. The van der Waals surface area contributed by atoms with Gasteiger partial charge in [0, 0.05) is 19.3 Å². The molecule has 1 aliphatic rings. The first-order valence-electron chi connectivity index (χ1n) is 31.9. The van der Waals surface area contributed by atoms with Crippen molar-refractivity contribution in [3.05, 3.63) is 72.9 Å². The Labute approximate surface area is 480 Å². The minimum absolute atomic E-state index is 0.0412. The molecular weight excluding hydrogens is 997 g/mol. The molecule has 0 aromatic carbocycles. The Kier molecular flexibility index (Phi) is 50.7. The van der Waals surface area contributed by atoms with Crippen molar-refractivity contribution >= 4 is 23.9 Å². The SMILES string of the molecule is CCCCC/C=C\C/C=C\CCCCCCCCCCCC(=O)OCC(COC1OC(C(=O)O)C(O)C(O)C1OC(=O)CCCCCCC/C=C\C/C=C\CCCCC)OC(=O)CCCCCCC/C=C\C/C=C\CCCCC. The van der Waals surface area contributed by atoms with Crippen LogP contribution in [0.1, 0.15) is 278 Å². The molecule has 1 heterocycles. The van der Waals surface area contributed by atoms with Crippen molar-refractivity contribution in [1.82, 2.24) is 0 Å². The summed E-state index contributed by atoms with van der Waals surface area (Å²) in [6.07, 6.45) is 57.1. The number of carbonyl (C=O) groups excluding carboxylic acids is 3. The summed E-state index contributed by atoms with van der Waals surface area (Å²) in [5, 5.41) is 31.5. The van der Waals surface area contributed by atoms with E-state index in [1.165, 1.54) is 96.3 Å². The van der Waals surface area contributed by atoms with Crippen molar-refractivity contribution in [2.45, 2.75) is 314 Å². The lowest BCUT2D eigenvalue weighted by Crippen LogP contribution is -2.61. The van der Waals surface area contributed by atoms with Crippen LogP contribution in [0.3, 0.4) is 0 Å². The minimum atomic E-state index is -1.91. The Morgan fingerprint density at radius 3 is 1.14 bits per heavy atom. The number of esters is 3. The molecule has 6 atom stereocenters. The number of unbranched alkanes of at least 4 members (excludes halogenated alkanes) is 28. The highest BCUT2D eigenvalue weighted by molar-refractivity contribution is 5.74. The van der Waals surface area contributed by atoms with Crippen LogP contribution in [0.4, 0.5) is 0 Å². The van der Waals surface area contributed by atoms with E-state index in [4.69, 9.17) is 23.7 Å². The fourth-order valence-corrected chi connectivity index (χ4v) is 9.28. The lowest BCUT2D eigenvalue weighted by molar-refractivity contribution is -0.301. The number of hydrogen-bond donors (Lipinski definition) is 3. The molecule has 0 bridgehead atoms. The van der Waals surface area contributed by atoms with Gasteiger partial charge in [-0.1, -0.05) is 216 Å². The van der Waals surface area contributed by atoms with Crippen LogP contribution in [0.15, 0.2) is 72.9 Å². The molecule has 0 saturated carbocycles. The number of aliphatic hydroxyl groups is 2. The first-order chi connectivity index (χ1) is 38.6. The monoisotopic (exact) mass is 1110 g/mol. The Morgan fingerprint density at radius 2 is 0.759 bits per heavy atom. The van der Waals surface area contributed by atoms with Gasteiger partial charge in [-0.05, 0) is 116 Å². The fourth-order valence-electron chi connectivity index (χ4n) is 9.28. The van der Waals surface area contributed by atoms with Gasteiger partial charge in [-0.3, -0.25) is 14.4 Å². The number of carboxylic acids is 1. The van der Waals surface area contributed by atoms with Gasteiger partial charge in [-0.2, -0.15) is 0 Å². The third-order valence-corrected chi connectivity index (χ3v) is 14.2. The van der Waals surface area contributed by atoms with Crippen LogP contribution in [0.25, 0.3) is 0 Å². The molecule has 0 aromatic rings. The van der Waals surface area contributed by atoms with E-state index < -0.39 is 67.3 Å². The van der Waals surface area contributed by atoms with E-state index in [1.807, 2.05) is 0 Å². The van der Waals surface area contributed by atoms with E-state index in [0.29, 0.717) is 19.3 Å². The Hall–Kier alpha value is -3.84. The number of ether oxygens (including phenoxy) is 5. The first-order valence-corrected chi connectivity index (χ1v) is 31.9. The molecule has 454 valence electrons. The van der Waals surface area contributed by atoms with Crippen molar-refractivity contribution in [1.29, 1.82) is 0 Å². The average molecular weight is 1110 g/mol. The second kappa shape index (κ2) is 54.7. The predicted octanol–water partition coefficient (Wildman–Crippen LogP) is 16.9. The largest absolute Gasteiger partial charge is 0.479 e. The summed E-state index contributed by atoms with van der Waals surface area (Å²) in [6, 6.07) is 0. The third kappa shape index (κ3) is 44.5. The van der Waals surface area contributed by atoms with Crippen molar-refractivity contribution < 1.29 is 58.2 Å². The molecule has 1 saturated heterocycles. The zero-order valence-corrected chi connectivity index (χ0v) is 50.1. The van der Waals surface area contributed by atoms with E-state index in [0.717, 1.165) is 122 Å². The summed E-state index contributed by atoms with van der Waals surface area (Å²) in [6.45, 7) is 5.91. The molecule has 1 rings (SSSR count). The maximum Gasteiger partial charge on any atom is 0.335 e. The summed E-state index contributed by atoms with van der Waals surface area (Å²) in [7, 11) is 0. The molecular formula is C67H114O12. The smallest absolute Gasteiger partial charge is 0.335 e. The first kappa shape index (κ1) is 73.2. The van der Waals surface area contributed by atoms with Gasteiger partial charge in [-0.15, -0.1) is 0 Å². The molecule has 0 aromatic heterocycles. The second-order valence-electron chi connectivity index (χ2n) is 21.7. The number of aliphatic hydroxyl groups excluding tert-OH is 2. The number of rotatable bonds is 54. The van der Waals surface area contributed by atoms with Gasteiger partial charge >= 0.3 is 23.9 Å². The molecule has 1 fully saturated rings. The van der Waals surface area contributed by atoms with Gasteiger partial charge in [0.15, 0.2) is 24.6 Å². The molecule has 6 unspecified atom stereocenters. The Morgan fingerprint density at radius 1 is 0.418 bits per heavy atom. The van der Waals surface area contributed by atoms with Gasteiger partial charge in [0.1, 0.15) is 18.8 Å².